The summed E-state index contributed by atoms with van der Waals surface area (Å²) >= 11 is 0. The molecule has 176 valence electrons. The maximum atomic E-state index is 15.3. The summed E-state index contributed by atoms with van der Waals surface area (Å²) in [5.41, 5.74) is 4.17. The van der Waals surface area contributed by atoms with Crippen LogP contribution in [0.3, 0.4) is 0 Å². The highest BCUT2D eigenvalue weighted by Gasteiger charge is 2.48. The first kappa shape index (κ1) is 21.3. The molecule has 2 aromatic heterocycles. The van der Waals surface area contributed by atoms with E-state index in [1.54, 1.807) is 36.4 Å². The molecule has 0 aliphatic carbocycles. The Morgan fingerprint density at radius 1 is 1.14 bits per heavy atom. The van der Waals surface area contributed by atoms with Crippen molar-refractivity contribution in [3.05, 3.63) is 111 Å². The number of anilines is 1. The highest BCUT2D eigenvalue weighted by Crippen LogP contribution is 2.50. The van der Waals surface area contributed by atoms with E-state index in [2.05, 4.69) is 20.2 Å². The van der Waals surface area contributed by atoms with Crippen LogP contribution in [-0.4, -0.2) is 21.1 Å². The Balaban J connectivity index is 1.41. The predicted molar refractivity (Wildman–Crippen MR) is 128 cm³/mol. The molecule has 1 fully saturated rings. The van der Waals surface area contributed by atoms with Gasteiger partial charge in [-0.3, -0.25) is 15.4 Å². The fourth-order valence-corrected chi connectivity index (χ4v) is 5.20. The minimum atomic E-state index is -0.524. The fourth-order valence-electron chi connectivity index (χ4n) is 5.20. The highest BCUT2D eigenvalue weighted by molar-refractivity contribution is 5.62. The van der Waals surface area contributed by atoms with Crippen molar-refractivity contribution < 1.29 is 14.1 Å². The van der Waals surface area contributed by atoms with Gasteiger partial charge in [0.2, 0.25) is 5.88 Å². The van der Waals surface area contributed by atoms with Crippen molar-refractivity contribution in [1.82, 2.24) is 15.3 Å². The van der Waals surface area contributed by atoms with E-state index in [0.717, 1.165) is 23.5 Å². The van der Waals surface area contributed by atoms with Crippen LogP contribution in [-0.2, 0) is 6.42 Å². The van der Waals surface area contributed by atoms with E-state index in [1.807, 2.05) is 31.3 Å². The Labute approximate surface area is 200 Å². The number of nitro groups is 1. The molecular formula is C26H22FN5O3. The fraction of sp³-hybridized carbons (Fsp3) is 0.192. The first-order chi connectivity index (χ1) is 17.0. The Hall–Kier alpha value is -4.24. The van der Waals surface area contributed by atoms with E-state index < -0.39 is 11.9 Å². The number of pyridine rings is 1. The van der Waals surface area contributed by atoms with Crippen LogP contribution in [0.2, 0.25) is 0 Å². The maximum Gasteiger partial charge on any atom is 0.274 e. The number of hydrogen-bond donors (Lipinski definition) is 2. The van der Waals surface area contributed by atoms with Gasteiger partial charge in [-0.1, -0.05) is 30.3 Å². The molecule has 2 N–H and O–H groups in total. The van der Waals surface area contributed by atoms with E-state index in [-0.39, 0.29) is 28.6 Å². The lowest BCUT2D eigenvalue weighted by molar-refractivity contribution is -0.385. The normalized spacial score (nSPS) is 20.5. The first-order valence-corrected chi connectivity index (χ1v) is 11.3. The molecule has 0 spiro atoms. The number of benzene rings is 2. The van der Waals surface area contributed by atoms with Crippen LogP contribution >= 0.6 is 0 Å². The topological polar surface area (TPSA) is 96.3 Å². The van der Waals surface area contributed by atoms with Crippen LogP contribution in [0, 0.1) is 22.9 Å². The molecule has 2 aromatic carbocycles. The van der Waals surface area contributed by atoms with E-state index in [4.69, 9.17) is 4.74 Å². The van der Waals surface area contributed by atoms with Gasteiger partial charge in [-0.15, -0.1) is 0 Å². The lowest BCUT2D eigenvalue weighted by atomic mass is 9.92. The van der Waals surface area contributed by atoms with Gasteiger partial charge < -0.3 is 14.6 Å². The number of ether oxygens (including phenoxy) is 1. The van der Waals surface area contributed by atoms with Gasteiger partial charge in [0.25, 0.3) is 5.69 Å². The predicted octanol–water partition coefficient (Wildman–Crippen LogP) is 5.33. The number of nitrogens with zero attached hydrogens (tertiary/aromatic N) is 3. The van der Waals surface area contributed by atoms with E-state index in [1.165, 1.54) is 12.1 Å². The Kier molecular flexibility index (Phi) is 5.00. The van der Waals surface area contributed by atoms with Crippen molar-refractivity contribution >= 4 is 11.4 Å². The third kappa shape index (κ3) is 3.60. The summed E-state index contributed by atoms with van der Waals surface area (Å²) in [7, 11) is 0. The number of aromatic amines is 1. The van der Waals surface area contributed by atoms with Crippen molar-refractivity contribution in [2.75, 3.05) is 4.90 Å². The molecule has 9 heteroatoms. The number of aryl methyl sites for hydroxylation is 1. The summed E-state index contributed by atoms with van der Waals surface area (Å²) in [6.07, 6.45) is 2.53. The van der Waals surface area contributed by atoms with Crippen LogP contribution in [0.1, 0.15) is 34.6 Å². The molecular weight excluding hydrogens is 449 g/mol. The van der Waals surface area contributed by atoms with Crippen molar-refractivity contribution in [1.29, 1.82) is 0 Å². The SMILES string of the molecule is Cc1cccc(Oc2ccc(C3C(c4ccccc4[N+](=O)[O-])NC4Cc5[nH]ccc5N43)cc2F)n1. The Morgan fingerprint density at radius 3 is 2.80 bits per heavy atom. The molecule has 2 aliphatic heterocycles. The van der Waals surface area contributed by atoms with Gasteiger partial charge in [0.1, 0.15) is 0 Å². The smallest absolute Gasteiger partial charge is 0.274 e. The number of H-pyrrole nitrogens is 1. The summed E-state index contributed by atoms with van der Waals surface area (Å²) in [6.45, 7) is 1.84. The minimum Gasteiger partial charge on any atom is -0.436 e. The number of para-hydroxylation sites is 1. The van der Waals surface area contributed by atoms with Crippen LogP contribution in [0.5, 0.6) is 11.6 Å². The average Bonchev–Trinajstić information content (AvgIpc) is 3.52. The van der Waals surface area contributed by atoms with Crippen LogP contribution < -0.4 is 15.0 Å². The molecule has 4 aromatic rings. The number of halogens is 1. The van der Waals surface area contributed by atoms with Gasteiger partial charge >= 0.3 is 0 Å². The molecule has 0 radical (unpaired) electrons. The molecule has 3 unspecified atom stereocenters. The average molecular weight is 471 g/mol. The summed E-state index contributed by atoms with van der Waals surface area (Å²) in [4.78, 5) is 21.2. The van der Waals surface area contributed by atoms with Crippen LogP contribution in [0.25, 0.3) is 0 Å². The summed E-state index contributed by atoms with van der Waals surface area (Å²) in [6, 6.07) is 18.1. The van der Waals surface area contributed by atoms with Crippen molar-refractivity contribution in [2.45, 2.75) is 31.6 Å². The van der Waals surface area contributed by atoms with E-state index >= 15 is 4.39 Å². The molecule has 1 saturated heterocycles. The third-order valence-electron chi connectivity index (χ3n) is 6.65. The molecule has 3 atom stereocenters. The highest BCUT2D eigenvalue weighted by atomic mass is 19.1. The Bertz CT molecular complexity index is 1440. The van der Waals surface area contributed by atoms with Gasteiger partial charge in [0.15, 0.2) is 11.6 Å². The monoisotopic (exact) mass is 471 g/mol. The molecule has 2 aliphatic rings. The number of nitro benzene ring substituents is 1. The zero-order valence-corrected chi connectivity index (χ0v) is 18.8. The zero-order chi connectivity index (χ0) is 24.1. The molecule has 6 rings (SSSR count). The number of rotatable bonds is 5. The second-order valence-electron chi connectivity index (χ2n) is 8.78. The number of nitrogens with one attached hydrogen (secondary N) is 2. The maximum absolute atomic E-state index is 15.3. The quantitative estimate of drug-likeness (QED) is 0.302. The van der Waals surface area contributed by atoms with Gasteiger partial charge in [-0.25, -0.2) is 9.37 Å². The van der Waals surface area contributed by atoms with Gasteiger partial charge in [0, 0.05) is 41.7 Å². The first-order valence-electron chi connectivity index (χ1n) is 11.3. The van der Waals surface area contributed by atoms with E-state index in [9.17, 15) is 10.1 Å². The third-order valence-corrected chi connectivity index (χ3v) is 6.65. The molecule has 8 nitrogen and oxygen atoms in total. The molecule has 4 heterocycles. The summed E-state index contributed by atoms with van der Waals surface area (Å²) in [5, 5.41) is 15.4. The number of hydrogen-bond acceptors (Lipinski definition) is 6. The lowest BCUT2D eigenvalue weighted by Gasteiger charge is -2.29. The largest absolute Gasteiger partial charge is 0.436 e. The lowest BCUT2D eigenvalue weighted by Crippen LogP contribution is -2.33. The summed E-state index contributed by atoms with van der Waals surface area (Å²) < 4.78 is 21.0. The van der Waals surface area contributed by atoms with Crippen molar-refractivity contribution in [3.8, 4) is 11.6 Å². The number of aromatic nitrogens is 2. The van der Waals surface area contributed by atoms with Gasteiger partial charge in [-0.05, 0) is 36.8 Å². The van der Waals surface area contributed by atoms with E-state index in [0.29, 0.717) is 17.0 Å². The van der Waals surface area contributed by atoms with Crippen molar-refractivity contribution in [3.63, 3.8) is 0 Å². The van der Waals surface area contributed by atoms with Gasteiger partial charge in [-0.2, -0.15) is 0 Å². The molecule has 35 heavy (non-hydrogen) atoms. The second kappa shape index (κ2) is 8.21. The Morgan fingerprint density at radius 2 is 2.00 bits per heavy atom. The summed E-state index contributed by atoms with van der Waals surface area (Å²) in [5.74, 6) is -0.141. The molecule has 0 saturated carbocycles. The van der Waals surface area contributed by atoms with Gasteiger partial charge in [0.05, 0.1) is 28.9 Å². The minimum absolute atomic E-state index is 0.0383. The standard InChI is InChI=1S/C26H22FN5O3/c1-15-5-4-8-24(29-15)35-22-10-9-16(13-18(22)27)26-25(17-6-2-3-7-20(17)32(33)34)30-23-14-19-21(31(23)26)11-12-28-19/h2-13,23,25-26,28,30H,14H2,1H3. The molecule has 0 bridgehead atoms. The second-order valence-corrected chi connectivity index (χ2v) is 8.78. The molecule has 0 amide bonds. The van der Waals surface area contributed by atoms with Crippen LogP contribution in [0.15, 0.2) is 72.9 Å². The number of fused-ring (bicyclic) bond motifs is 3. The zero-order valence-electron chi connectivity index (χ0n) is 18.8. The van der Waals surface area contributed by atoms with Crippen LogP contribution in [0.4, 0.5) is 15.8 Å². The van der Waals surface area contributed by atoms with Crippen molar-refractivity contribution in [2.24, 2.45) is 0 Å².